The lowest BCUT2D eigenvalue weighted by molar-refractivity contribution is -0.133. The summed E-state index contributed by atoms with van der Waals surface area (Å²) in [5, 5.41) is 7.67. The average molecular weight is 512 g/mol. The third kappa shape index (κ3) is 8.74. The lowest BCUT2D eigenvalue weighted by Crippen LogP contribution is -2.48. The van der Waals surface area contributed by atoms with Gasteiger partial charge in [0.05, 0.1) is 28.2 Å². The standard InChI is InChI=1S/C22H29N3O5S3/c26-21(30-32-15-4-6-17-10-12-23-13-11-17)16-20(24-22(27)19-9-5-14-31-19)25-33(28,29)18-7-2-1-3-8-18/h1-3,5,7-9,14,17,20,23,25H,4,6,10-13,15-16H2,(H,24,27)/t20-/m0/s1. The smallest absolute Gasteiger partial charge is 0.321 e. The first kappa shape index (κ1) is 25.7. The molecule has 1 fully saturated rings. The van der Waals surface area contributed by atoms with E-state index < -0.39 is 28.1 Å². The molecule has 1 aliphatic rings. The topological polar surface area (TPSA) is 114 Å². The maximum absolute atomic E-state index is 12.7. The summed E-state index contributed by atoms with van der Waals surface area (Å²) in [6.07, 6.45) is 2.93. The molecule has 1 saturated heterocycles. The minimum Gasteiger partial charge on any atom is -0.391 e. The number of amides is 1. The maximum Gasteiger partial charge on any atom is 0.321 e. The van der Waals surface area contributed by atoms with Crippen LogP contribution < -0.4 is 15.4 Å². The minimum absolute atomic E-state index is 0.0426. The second kappa shape index (κ2) is 13.1. The predicted octanol–water partition coefficient (Wildman–Crippen LogP) is 3.14. The third-order valence-electron chi connectivity index (χ3n) is 5.22. The van der Waals surface area contributed by atoms with Crippen LogP contribution in [0.1, 0.15) is 41.8 Å². The van der Waals surface area contributed by atoms with Crippen molar-refractivity contribution in [3.8, 4) is 0 Å². The molecule has 180 valence electrons. The number of carbonyl (C=O) groups excluding carboxylic acids is 2. The molecule has 11 heteroatoms. The quantitative estimate of drug-likeness (QED) is 0.228. The third-order valence-corrected chi connectivity index (χ3v) is 8.34. The fourth-order valence-corrected chi connectivity index (χ4v) is 5.89. The summed E-state index contributed by atoms with van der Waals surface area (Å²) >= 11 is 2.29. The summed E-state index contributed by atoms with van der Waals surface area (Å²) in [5.74, 6) is 0.326. The zero-order chi connectivity index (χ0) is 23.5. The van der Waals surface area contributed by atoms with E-state index in [-0.39, 0.29) is 11.3 Å². The molecule has 0 bridgehead atoms. The SMILES string of the molecule is O=C(C[C@@H](NC(=O)c1cccs1)NS(=O)(=O)c1ccccc1)OSCCCC1CCNCC1. The van der Waals surface area contributed by atoms with Gasteiger partial charge < -0.3 is 14.8 Å². The highest BCUT2D eigenvalue weighted by Gasteiger charge is 2.25. The number of piperidine rings is 1. The Morgan fingerprint density at radius 3 is 2.61 bits per heavy atom. The molecular weight excluding hydrogens is 482 g/mol. The number of rotatable bonds is 12. The van der Waals surface area contributed by atoms with Crippen LogP contribution in [0.5, 0.6) is 0 Å². The van der Waals surface area contributed by atoms with Gasteiger partial charge in [-0.15, -0.1) is 11.3 Å². The van der Waals surface area contributed by atoms with E-state index in [2.05, 4.69) is 15.4 Å². The molecule has 0 radical (unpaired) electrons. The number of hydrogen-bond donors (Lipinski definition) is 3. The van der Waals surface area contributed by atoms with Crippen molar-refractivity contribution in [3.05, 3.63) is 52.7 Å². The number of carbonyl (C=O) groups is 2. The molecule has 1 aromatic carbocycles. The minimum atomic E-state index is -3.94. The molecule has 1 aromatic heterocycles. The predicted molar refractivity (Wildman–Crippen MR) is 130 cm³/mol. The van der Waals surface area contributed by atoms with Crippen molar-refractivity contribution in [1.29, 1.82) is 0 Å². The van der Waals surface area contributed by atoms with Crippen LogP contribution in [0.15, 0.2) is 52.7 Å². The van der Waals surface area contributed by atoms with E-state index in [9.17, 15) is 18.0 Å². The van der Waals surface area contributed by atoms with Gasteiger partial charge in [-0.25, -0.2) is 8.42 Å². The Morgan fingerprint density at radius 2 is 1.91 bits per heavy atom. The molecule has 0 spiro atoms. The van der Waals surface area contributed by atoms with Gasteiger partial charge >= 0.3 is 5.97 Å². The Morgan fingerprint density at radius 1 is 1.15 bits per heavy atom. The van der Waals surface area contributed by atoms with E-state index >= 15 is 0 Å². The molecule has 0 aliphatic carbocycles. The van der Waals surface area contributed by atoms with Crippen LogP contribution in [-0.4, -0.2) is 45.3 Å². The highest BCUT2D eigenvalue weighted by Crippen LogP contribution is 2.20. The van der Waals surface area contributed by atoms with Crippen molar-refractivity contribution in [3.63, 3.8) is 0 Å². The van der Waals surface area contributed by atoms with Crippen molar-refractivity contribution in [2.24, 2.45) is 5.92 Å². The van der Waals surface area contributed by atoms with Gasteiger partial charge in [-0.05, 0) is 68.3 Å². The largest absolute Gasteiger partial charge is 0.391 e. The first-order valence-electron chi connectivity index (χ1n) is 10.9. The summed E-state index contributed by atoms with van der Waals surface area (Å²) in [5.41, 5.74) is 0. The van der Waals surface area contributed by atoms with E-state index in [0.717, 1.165) is 38.0 Å². The highest BCUT2D eigenvalue weighted by molar-refractivity contribution is 7.95. The van der Waals surface area contributed by atoms with Crippen LogP contribution in [0, 0.1) is 5.92 Å². The molecule has 2 aromatic rings. The Hall–Kier alpha value is -1.92. The second-order valence-corrected chi connectivity index (χ2v) is 11.2. The van der Waals surface area contributed by atoms with E-state index in [4.69, 9.17) is 4.18 Å². The monoisotopic (exact) mass is 511 g/mol. The molecular formula is C22H29N3O5S3. The summed E-state index contributed by atoms with van der Waals surface area (Å²) in [4.78, 5) is 25.3. The first-order chi connectivity index (χ1) is 15.9. The summed E-state index contributed by atoms with van der Waals surface area (Å²) in [7, 11) is -3.94. The van der Waals surface area contributed by atoms with Gasteiger partial charge in [-0.1, -0.05) is 24.3 Å². The van der Waals surface area contributed by atoms with Crippen LogP contribution in [0.3, 0.4) is 0 Å². The highest BCUT2D eigenvalue weighted by atomic mass is 32.2. The number of thiophene rings is 1. The van der Waals surface area contributed by atoms with Crippen LogP contribution in [0.4, 0.5) is 0 Å². The van der Waals surface area contributed by atoms with Gasteiger partial charge in [0, 0.05) is 5.75 Å². The zero-order valence-corrected chi connectivity index (χ0v) is 20.6. The number of sulfonamides is 1. The molecule has 1 atom stereocenters. The van der Waals surface area contributed by atoms with Crippen molar-refractivity contribution in [2.45, 2.75) is 43.2 Å². The fraction of sp³-hybridized carbons (Fsp3) is 0.455. The van der Waals surface area contributed by atoms with E-state index in [1.165, 1.54) is 36.3 Å². The molecule has 1 aliphatic heterocycles. The molecule has 0 saturated carbocycles. The number of hydrogen-bond acceptors (Lipinski definition) is 8. The Bertz CT molecular complexity index is 978. The number of nitrogens with one attached hydrogen (secondary N) is 3. The Labute approximate surface area is 203 Å². The molecule has 0 unspecified atom stereocenters. The van der Waals surface area contributed by atoms with Crippen molar-refractivity contribution in [2.75, 3.05) is 18.8 Å². The van der Waals surface area contributed by atoms with Gasteiger partial charge in [0.25, 0.3) is 5.91 Å². The van der Waals surface area contributed by atoms with Gasteiger partial charge in [0.1, 0.15) is 6.17 Å². The Balaban J connectivity index is 1.51. The van der Waals surface area contributed by atoms with Gasteiger partial charge in [-0.3, -0.25) is 9.59 Å². The van der Waals surface area contributed by atoms with Gasteiger partial charge in [0.2, 0.25) is 10.0 Å². The summed E-state index contributed by atoms with van der Waals surface area (Å²) < 4.78 is 33.1. The molecule has 3 rings (SSSR count). The normalized spacial score (nSPS) is 15.6. The van der Waals surface area contributed by atoms with Crippen LogP contribution >= 0.6 is 23.4 Å². The zero-order valence-electron chi connectivity index (χ0n) is 18.2. The summed E-state index contributed by atoms with van der Waals surface area (Å²) in [6, 6.07) is 11.1. The Kier molecular flexibility index (Phi) is 10.2. The van der Waals surface area contributed by atoms with E-state index in [1.54, 1.807) is 35.7 Å². The first-order valence-corrected chi connectivity index (χ1v) is 14.2. The molecule has 33 heavy (non-hydrogen) atoms. The van der Waals surface area contributed by atoms with E-state index in [0.29, 0.717) is 16.5 Å². The second-order valence-electron chi connectivity index (χ2n) is 7.75. The lowest BCUT2D eigenvalue weighted by Gasteiger charge is -2.22. The maximum atomic E-state index is 12.7. The molecule has 1 amide bonds. The molecule has 8 nitrogen and oxygen atoms in total. The lowest BCUT2D eigenvalue weighted by atomic mass is 9.94. The van der Waals surface area contributed by atoms with Gasteiger partial charge in [0.15, 0.2) is 0 Å². The van der Waals surface area contributed by atoms with Crippen molar-refractivity contribution in [1.82, 2.24) is 15.4 Å². The van der Waals surface area contributed by atoms with Crippen LogP contribution in [0.2, 0.25) is 0 Å². The van der Waals surface area contributed by atoms with Crippen LogP contribution in [-0.2, 0) is 19.0 Å². The van der Waals surface area contributed by atoms with Crippen LogP contribution in [0.25, 0.3) is 0 Å². The van der Waals surface area contributed by atoms with Crippen molar-refractivity contribution >= 4 is 45.3 Å². The molecule has 2 heterocycles. The summed E-state index contributed by atoms with van der Waals surface area (Å²) in [6.45, 7) is 2.12. The molecule has 3 N–H and O–H groups in total. The van der Waals surface area contributed by atoms with Crippen molar-refractivity contribution < 1.29 is 22.2 Å². The van der Waals surface area contributed by atoms with E-state index in [1.807, 2.05) is 0 Å². The van der Waals surface area contributed by atoms with Gasteiger partial charge in [-0.2, -0.15) is 4.72 Å². The number of benzene rings is 1. The average Bonchev–Trinajstić information content (AvgIpc) is 3.35. The fourth-order valence-electron chi connectivity index (χ4n) is 3.52.